The van der Waals surface area contributed by atoms with Crippen LogP contribution in [0.15, 0.2) is 24.3 Å². The van der Waals surface area contributed by atoms with E-state index in [1.165, 1.54) is 12.1 Å². The summed E-state index contributed by atoms with van der Waals surface area (Å²) in [6.45, 7) is 0. The fourth-order valence-electron chi connectivity index (χ4n) is 2.36. The van der Waals surface area contributed by atoms with Crippen molar-refractivity contribution >= 4 is 11.6 Å². The van der Waals surface area contributed by atoms with E-state index in [-0.39, 0.29) is 24.3 Å². The van der Waals surface area contributed by atoms with Gasteiger partial charge in [0.05, 0.1) is 5.69 Å². The van der Waals surface area contributed by atoms with Crippen LogP contribution in [0.1, 0.15) is 12.8 Å². The summed E-state index contributed by atoms with van der Waals surface area (Å²) >= 11 is 0. The summed E-state index contributed by atoms with van der Waals surface area (Å²) in [4.78, 5) is 12.4. The molecule has 2 aliphatic heterocycles. The second-order valence-corrected chi connectivity index (χ2v) is 4.08. The molecule has 1 unspecified atom stereocenters. The summed E-state index contributed by atoms with van der Waals surface area (Å²) in [6.07, 6.45) is -5.10. The number of hydrogen-bond donors (Lipinski definition) is 0. The monoisotopic (exact) mass is 243 g/mol. The Kier molecular flexibility index (Phi) is 1.80. The van der Waals surface area contributed by atoms with Crippen molar-refractivity contribution in [3.63, 3.8) is 0 Å². The van der Waals surface area contributed by atoms with Gasteiger partial charge in [-0.25, -0.2) is 0 Å². The number of hydrogen-bond acceptors (Lipinski definition) is 2. The Morgan fingerprint density at radius 3 is 2.71 bits per heavy atom. The number of ether oxygens (including phenoxy) is 1. The molecule has 1 aromatic rings. The van der Waals surface area contributed by atoms with Crippen LogP contribution in [-0.2, 0) is 4.79 Å². The number of alkyl halides is 3. The summed E-state index contributed by atoms with van der Waals surface area (Å²) in [5.74, 6) is -0.440. The molecule has 90 valence electrons. The Balaban J connectivity index is 2.18. The smallest absolute Gasteiger partial charge is 0.449 e. The molecule has 0 bridgehead atoms. The average molecular weight is 243 g/mol. The number of fused-ring (bicyclic) bond motifs is 3. The molecule has 0 N–H and O–H groups in total. The maximum Gasteiger partial charge on any atom is 0.449 e. The Morgan fingerprint density at radius 2 is 2.00 bits per heavy atom. The predicted octanol–water partition coefficient (Wildman–Crippen LogP) is 2.46. The number of carbonyl (C=O) groups is 1. The molecule has 17 heavy (non-hydrogen) atoms. The summed E-state index contributed by atoms with van der Waals surface area (Å²) in [5.41, 5.74) is -2.29. The molecule has 1 fully saturated rings. The third-order valence-electron chi connectivity index (χ3n) is 3.12. The first-order valence-electron chi connectivity index (χ1n) is 5.13. The van der Waals surface area contributed by atoms with Crippen molar-refractivity contribution in [2.24, 2.45) is 0 Å². The minimum absolute atomic E-state index is 0.109. The Bertz CT molecular complexity index is 500. The number of nitrogens with zero attached hydrogens (tertiary/aromatic N) is 1. The molecular weight excluding hydrogens is 235 g/mol. The molecule has 1 amide bonds. The molecule has 0 saturated carbocycles. The van der Waals surface area contributed by atoms with Gasteiger partial charge in [0, 0.05) is 12.8 Å². The Morgan fingerprint density at radius 1 is 1.29 bits per heavy atom. The predicted molar refractivity (Wildman–Crippen MR) is 52.6 cm³/mol. The number of para-hydroxylation sites is 2. The number of carbonyl (C=O) groups excluding carboxylic acids is 1. The molecule has 0 spiro atoms. The highest BCUT2D eigenvalue weighted by Crippen LogP contribution is 2.54. The van der Waals surface area contributed by atoms with Gasteiger partial charge in [-0.3, -0.25) is 9.69 Å². The summed E-state index contributed by atoms with van der Waals surface area (Å²) in [6, 6.07) is 6.07. The van der Waals surface area contributed by atoms with Crippen LogP contribution >= 0.6 is 0 Å². The molecule has 6 heteroatoms. The van der Waals surface area contributed by atoms with E-state index in [4.69, 9.17) is 4.74 Å². The Hall–Kier alpha value is -1.72. The van der Waals surface area contributed by atoms with Crippen molar-refractivity contribution in [2.75, 3.05) is 4.90 Å². The largest absolute Gasteiger partial charge is 0.455 e. The van der Waals surface area contributed by atoms with Crippen LogP contribution in [0.2, 0.25) is 0 Å². The van der Waals surface area contributed by atoms with Crippen LogP contribution in [0, 0.1) is 0 Å². The van der Waals surface area contributed by atoms with Gasteiger partial charge >= 0.3 is 6.18 Å². The second-order valence-electron chi connectivity index (χ2n) is 4.08. The van der Waals surface area contributed by atoms with Crippen molar-refractivity contribution < 1.29 is 22.7 Å². The summed E-state index contributed by atoms with van der Waals surface area (Å²) in [7, 11) is 0. The van der Waals surface area contributed by atoms with Gasteiger partial charge < -0.3 is 4.74 Å². The van der Waals surface area contributed by atoms with Gasteiger partial charge in [0.25, 0.3) is 5.72 Å². The van der Waals surface area contributed by atoms with Crippen LogP contribution in [0.4, 0.5) is 18.9 Å². The number of anilines is 1. The van der Waals surface area contributed by atoms with E-state index in [1.54, 1.807) is 12.1 Å². The first-order chi connectivity index (χ1) is 7.96. The average Bonchev–Trinajstić information content (AvgIpc) is 2.75. The molecule has 1 aromatic carbocycles. The van der Waals surface area contributed by atoms with Crippen molar-refractivity contribution in [1.29, 1.82) is 0 Å². The van der Waals surface area contributed by atoms with Gasteiger partial charge in [-0.1, -0.05) is 12.1 Å². The fourth-order valence-corrected chi connectivity index (χ4v) is 2.36. The van der Waals surface area contributed by atoms with Crippen molar-refractivity contribution in [3.8, 4) is 5.75 Å². The molecule has 1 atom stereocenters. The van der Waals surface area contributed by atoms with E-state index in [2.05, 4.69) is 0 Å². The first-order valence-corrected chi connectivity index (χ1v) is 5.13. The molecule has 2 aliphatic rings. The lowest BCUT2D eigenvalue weighted by Gasteiger charge is -2.32. The zero-order chi connectivity index (χ0) is 12.3. The zero-order valence-corrected chi connectivity index (χ0v) is 8.62. The molecule has 0 aromatic heterocycles. The lowest BCUT2D eigenvalue weighted by molar-refractivity contribution is -0.238. The number of benzene rings is 1. The minimum atomic E-state index is -4.60. The van der Waals surface area contributed by atoms with Crippen molar-refractivity contribution in [1.82, 2.24) is 0 Å². The number of amides is 1. The second kappa shape index (κ2) is 2.94. The third-order valence-corrected chi connectivity index (χ3v) is 3.12. The van der Waals surface area contributed by atoms with Gasteiger partial charge in [-0.15, -0.1) is 0 Å². The standard InChI is InChI=1S/C11H8F3NO2/c12-11(13,14)10-6-5-9(16)15(10)7-3-1-2-4-8(7)17-10/h1-4H,5-6H2. The van der Waals surface area contributed by atoms with Gasteiger partial charge in [0.15, 0.2) is 0 Å². The number of rotatable bonds is 0. The minimum Gasteiger partial charge on any atom is -0.455 e. The van der Waals surface area contributed by atoms with Crippen LogP contribution in [-0.4, -0.2) is 17.8 Å². The number of halogens is 3. The molecule has 0 aliphatic carbocycles. The fraction of sp³-hybridized carbons (Fsp3) is 0.364. The SMILES string of the molecule is O=C1CCC2(C(F)(F)F)Oc3ccccc3N12. The third kappa shape index (κ3) is 1.15. The first kappa shape index (κ1) is 10.4. The van der Waals surface area contributed by atoms with E-state index in [9.17, 15) is 18.0 Å². The van der Waals surface area contributed by atoms with E-state index < -0.39 is 17.8 Å². The molecule has 1 saturated heterocycles. The molecule has 2 heterocycles. The van der Waals surface area contributed by atoms with Crippen LogP contribution in [0.25, 0.3) is 0 Å². The molecular formula is C11H8F3NO2. The Labute approximate surface area is 94.8 Å². The van der Waals surface area contributed by atoms with Gasteiger partial charge in [-0.05, 0) is 12.1 Å². The lowest BCUT2D eigenvalue weighted by atomic mass is 10.1. The van der Waals surface area contributed by atoms with E-state index in [0.717, 1.165) is 4.90 Å². The van der Waals surface area contributed by atoms with Gasteiger partial charge in [0.1, 0.15) is 5.75 Å². The lowest BCUT2D eigenvalue weighted by Crippen LogP contribution is -2.57. The quantitative estimate of drug-likeness (QED) is 0.700. The van der Waals surface area contributed by atoms with Crippen LogP contribution in [0.5, 0.6) is 5.75 Å². The maximum atomic E-state index is 13.1. The normalized spacial score (nSPS) is 26.8. The van der Waals surface area contributed by atoms with E-state index >= 15 is 0 Å². The topological polar surface area (TPSA) is 29.5 Å². The van der Waals surface area contributed by atoms with Gasteiger partial charge in [-0.2, -0.15) is 13.2 Å². The maximum absolute atomic E-state index is 13.1. The summed E-state index contributed by atoms with van der Waals surface area (Å²) in [5, 5.41) is 0. The van der Waals surface area contributed by atoms with E-state index in [1.807, 2.05) is 0 Å². The highest BCUT2D eigenvalue weighted by atomic mass is 19.4. The highest BCUT2D eigenvalue weighted by molar-refractivity contribution is 6.00. The van der Waals surface area contributed by atoms with E-state index in [0.29, 0.717) is 0 Å². The molecule has 3 rings (SSSR count). The van der Waals surface area contributed by atoms with Crippen LogP contribution < -0.4 is 9.64 Å². The molecule has 3 nitrogen and oxygen atoms in total. The van der Waals surface area contributed by atoms with Gasteiger partial charge in [0.2, 0.25) is 5.91 Å². The zero-order valence-electron chi connectivity index (χ0n) is 8.62. The van der Waals surface area contributed by atoms with Crippen molar-refractivity contribution in [3.05, 3.63) is 24.3 Å². The van der Waals surface area contributed by atoms with Crippen LogP contribution in [0.3, 0.4) is 0 Å². The van der Waals surface area contributed by atoms with Crippen molar-refractivity contribution in [2.45, 2.75) is 24.7 Å². The molecule has 0 radical (unpaired) electrons. The highest BCUT2D eigenvalue weighted by Gasteiger charge is 2.69. The summed E-state index contributed by atoms with van der Waals surface area (Å²) < 4.78 is 44.4.